The molecule has 0 saturated carbocycles. The van der Waals surface area contributed by atoms with Crippen LogP contribution in [0.25, 0.3) is 0 Å². The van der Waals surface area contributed by atoms with Crippen molar-refractivity contribution in [2.75, 3.05) is 0 Å². The zero-order valence-electron chi connectivity index (χ0n) is 7.60. The van der Waals surface area contributed by atoms with Crippen molar-refractivity contribution in [1.29, 1.82) is 0 Å². The van der Waals surface area contributed by atoms with Crippen molar-refractivity contribution < 1.29 is 5.11 Å². The zero-order chi connectivity index (χ0) is 10.0. The van der Waals surface area contributed by atoms with E-state index in [0.717, 1.165) is 16.5 Å². The molecule has 0 amide bonds. The average Bonchev–Trinajstić information content (AvgIpc) is 2.10. The largest absolute Gasteiger partial charge is 0.288 e. The Morgan fingerprint density at radius 1 is 1.38 bits per heavy atom. The molecule has 1 aromatic carbocycles. The summed E-state index contributed by atoms with van der Waals surface area (Å²) in [6, 6.07) is 3.69. The second kappa shape index (κ2) is 4.47. The molecule has 0 aliphatic rings. The molecule has 3 heteroatoms. The quantitative estimate of drug-likeness (QED) is 0.743. The summed E-state index contributed by atoms with van der Waals surface area (Å²) < 4.78 is 1.59. The third-order valence-electron chi connectivity index (χ3n) is 2.18. The number of hydrogen-bond acceptors (Lipinski definition) is 0. The Kier molecular flexibility index (Phi) is 3.80. The Hall–Kier alpha value is -0.0200. The molecule has 0 saturated heterocycles. The fraction of sp³-hybridized carbons (Fsp3) is 0.400. The van der Waals surface area contributed by atoms with Crippen LogP contribution in [0.3, 0.4) is 0 Å². The predicted molar refractivity (Wildman–Crippen MR) is 60.7 cm³/mol. The van der Waals surface area contributed by atoms with E-state index in [1.54, 1.807) is 6.07 Å². The van der Waals surface area contributed by atoms with Crippen molar-refractivity contribution in [3.63, 3.8) is 0 Å². The van der Waals surface area contributed by atoms with Gasteiger partial charge < -0.3 is 0 Å². The second-order valence-corrected chi connectivity index (χ2v) is 4.89. The van der Waals surface area contributed by atoms with Crippen molar-refractivity contribution in [3.8, 4) is 5.75 Å². The summed E-state index contributed by atoms with van der Waals surface area (Å²) in [5.41, 5.74) is 0.878. The minimum absolute atomic E-state index is 0.109. The van der Waals surface area contributed by atoms with Crippen LogP contribution >= 0.6 is 31.9 Å². The van der Waals surface area contributed by atoms with Gasteiger partial charge in [-0.15, -0.1) is 0 Å². The fourth-order valence-electron chi connectivity index (χ4n) is 1.17. The highest BCUT2D eigenvalue weighted by atomic mass is 79.9. The van der Waals surface area contributed by atoms with Gasteiger partial charge in [-0.3, -0.25) is 5.11 Å². The smallest absolute Gasteiger partial charge is 0.196 e. The number of hydrogen-bond donors (Lipinski definition) is 0. The maximum absolute atomic E-state index is 11.7. The van der Waals surface area contributed by atoms with Gasteiger partial charge in [-0.25, -0.2) is 0 Å². The maximum Gasteiger partial charge on any atom is 0.196 e. The molecule has 1 radical (unpaired) electrons. The average molecular weight is 307 g/mol. The minimum atomic E-state index is 0.109. The molecule has 0 fully saturated rings. The minimum Gasteiger partial charge on any atom is -0.288 e. The molecule has 1 aromatic rings. The maximum atomic E-state index is 11.7. The van der Waals surface area contributed by atoms with Crippen molar-refractivity contribution in [2.45, 2.75) is 26.2 Å². The Bertz CT molecular complexity index is 310. The normalized spacial score (nSPS) is 12.9. The number of rotatable bonds is 2. The van der Waals surface area contributed by atoms with Crippen LogP contribution < -0.4 is 0 Å². The molecule has 13 heavy (non-hydrogen) atoms. The highest BCUT2D eigenvalue weighted by Gasteiger charge is 2.13. The van der Waals surface area contributed by atoms with Crippen molar-refractivity contribution in [1.82, 2.24) is 0 Å². The predicted octanol–water partition coefficient (Wildman–Crippen LogP) is 4.87. The first-order valence-corrected chi connectivity index (χ1v) is 5.80. The zero-order valence-corrected chi connectivity index (χ0v) is 10.8. The van der Waals surface area contributed by atoms with Crippen molar-refractivity contribution in [3.05, 3.63) is 26.6 Å². The first-order valence-electron chi connectivity index (χ1n) is 4.22. The van der Waals surface area contributed by atoms with Gasteiger partial charge in [0, 0.05) is 10.0 Å². The van der Waals surface area contributed by atoms with Crippen molar-refractivity contribution in [2.24, 2.45) is 0 Å². The first kappa shape index (κ1) is 11.1. The SMILES string of the molecule is CCC(C)c1cc(Br)cc(Br)c1[O]. The lowest BCUT2D eigenvalue weighted by Crippen LogP contribution is -1.92. The molecular weight excluding hydrogens is 296 g/mol. The van der Waals surface area contributed by atoms with E-state index in [4.69, 9.17) is 0 Å². The Labute approximate surface area is 95.4 Å². The van der Waals surface area contributed by atoms with Crippen LogP contribution in [0.15, 0.2) is 21.1 Å². The Morgan fingerprint density at radius 2 is 2.00 bits per heavy atom. The second-order valence-electron chi connectivity index (χ2n) is 3.12. The van der Waals surface area contributed by atoms with Gasteiger partial charge in [-0.05, 0) is 40.4 Å². The molecule has 0 aliphatic heterocycles. The number of halogens is 2. The van der Waals surface area contributed by atoms with Crippen LogP contribution in [0.4, 0.5) is 0 Å². The summed E-state index contributed by atoms with van der Waals surface area (Å²) >= 11 is 6.63. The fourth-order valence-corrected chi connectivity index (χ4v) is 2.42. The summed E-state index contributed by atoms with van der Waals surface area (Å²) in [5, 5.41) is 11.7. The summed E-state index contributed by atoms with van der Waals surface area (Å²) in [6.07, 6.45) is 0.984. The van der Waals surface area contributed by atoms with E-state index in [0.29, 0.717) is 10.4 Å². The van der Waals surface area contributed by atoms with Crippen LogP contribution in [0.1, 0.15) is 31.7 Å². The van der Waals surface area contributed by atoms with E-state index in [1.165, 1.54) is 0 Å². The highest BCUT2D eigenvalue weighted by molar-refractivity contribution is 9.11. The third-order valence-corrected chi connectivity index (χ3v) is 3.23. The van der Waals surface area contributed by atoms with E-state index < -0.39 is 0 Å². The molecular formula is C10H11Br2O. The van der Waals surface area contributed by atoms with Gasteiger partial charge in [0.1, 0.15) is 0 Å². The summed E-state index contributed by atoms with van der Waals surface area (Å²) in [5.74, 6) is 0.429. The molecule has 1 atom stereocenters. The first-order chi connectivity index (χ1) is 6.06. The molecule has 0 spiro atoms. The molecule has 1 nitrogen and oxygen atoms in total. The Balaban J connectivity index is 3.20. The lowest BCUT2D eigenvalue weighted by atomic mass is 9.98. The summed E-state index contributed by atoms with van der Waals surface area (Å²) in [4.78, 5) is 0. The Morgan fingerprint density at radius 3 is 2.54 bits per heavy atom. The molecule has 0 heterocycles. The van der Waals surface area contributed by atoms with Crippen LogP contribution in [0.5, 0.6) is 5.75 Å². The molecule has 0 bridgehead atoms. The summed E-state index contributed by atoms with van der Waals surface area (Å²) in [6.45, 7) is 4.15. The molecule has 1 rings (SSSR count). The monoisotopic (exact) mass is 305 g/mol. The van der Waals surface area contributed by atoms with Crippen LogP contribution in [-0.2, 0) is 5.11 Å². The van der Waals surface area contributed by atoms with E-state index in [9.17, 15) is 5.11 Å². The van der Waals surface area contributed by atoms with Crippen LogP contribution in [0.2, 0.25) is 0 Å². The highest BCUT2D eigenvalue weighted by Crippen LogP contribution is 2.37. The van der Waals surface area contributed by atoms with E-state index in [2.05, 4.69) is 45.7 Å². The van der Waals surface area contributed by atoms with Gasteiger partial charge in [0.15, 0.2) is 5.75 Å². The van der Waals surface area contributed by atoms with Gasteiger partial charge >= 0.3 is 0 Å². The van der Waals surface area contributed by atoms with E-state index in [-0.39, 0.29) is 5.75 Å². The van der Waals surface area contributed by atoms with Gasteiger partial charge in [0.05, 0.1) is 4.47 Å². The van der Waals surface area contributed by atoms with Gasteiger partial charge in [0.2, 0.25) is 0 Å². The van der Waals surface area contributed by atoms with E-state index in [1.807, 2.05) is 6.07 Å². The topological polar surface area (TPSA) is 19.9 Å². The van der Waals surface area contributed by atoms with Crippen LogP contribution in [0, 0.1) is 0 Å². The lowest BCUT2D eigenvalue weighted by molar-refractivity contribution is 0.344. The van der Waals surface area contributed by atoms with Gasteiger partial charge in [0.25, 0.3) is 0 Å². The third kappa shape index (κ3) is 2.47. The molecule has 0 aliphatic carbocycles. The van der Waals surface area contributed by atoms with Crippen LogP contribution in [-0.4, -0.2) is 0 Å². The molecule has 1 unspecified atom stereocenters. The molecule has 0 N–H and O–H groups in total. The van der Waals surface area contributed by atoms with Gasteiger partial charge in [-0.1, -0.05) is 29.8 Å². The number of benzene rings is 1. The van der Waals surface area contributed by atoms with Gasteiger partial charge in [-0.2, -0.15) is 0 Å². The standard InChI is InChI=1S/C10H11Br2O/c1-3-6(2)8-4-7(11)5-9(12)10(8)13/h4-6H,3H2,1-2H3. The summed E-state index contributed by atoms with van der Waals surface area (Å²) in [7, 11) is 0. The lowest BCUT2D eigenvalue weighted by Gasteiger charge is -2.11. The molecule has 0 aromatic heterocycles. The molecule has 71 valence electrons. The van der Waals surface area contributed by atoms with E-state index >= 15 is 0 Å². The van der Waals surface area contributed by atoms with Crippen molar-refractivity contribution >= 4 is 31.9 Å².